The van der Waals surface area contributed by atoms with E-state index in [0.29, 0.717) is 6.42 Å². The van der Waals surface area contributed by atoms with Crippen molar-refractivity contribution in [3.63, 3.8) is 0 Å². The van der Waals surface area contributed by atoms with Gasteiger partial charge in [-0.15, -0.1) is 0 Å². The third kappa shape index (κ3) is 2.02. The summed E-state index contributed by atoms with van der Waals surface area (Å²) in [5, 5.41) is 2.95. The summed E-state index contributed by atoms with van der Waals surface area (Å²) in [5.41, 5.74) is 1.21. The molecule has 1 fully saturated rings. The Morgan fingerprint density at radius 3 is 2.54 bits per heavy atom. The van der Waals surface area contributed by atoms with Crippen LogP contribution in [0.3, 0.4) is 0 Å². The van der Waals surface area contributed by atoms with Crippen LogP contribution in [-0.2, 0) is 4.79 Å². The van der Waals surface area contributed by atoms with Gasteiger partial charge in [-0.2, -0.15) is 0 Å². The van der Waals surface area contributed by atoms with E-state index in [1.807, 2.05) is 0 Å². The van der Waals surface area contributed by atoms with Crippen molar-refractivity contribution in [2.75, 3.05) is 0 Å². The Morgan fingerprint density at radius 2 is 2.00 bits per heavy atom. The van der Waals surface area contributed by atoms with E-state index in [2.05, 4.69) is 52.2 Å². The number of nitrogens with one attached hydrogen (secondary N) is 1. The van der Waals surface area contributed by atoms with Gasteiger partial charge in [-0.1, -0.05) is 12.1 Å². The highest BCUT2D eigenvalue weighted by molar-refractivity contribution is 14.1. The van der Waals surface area contributed by atoms with Crippen LogP contribution in [0.5, 0.6) is 0 Å². The minimum atomic E-state index is 0.170. The van der Waals surface area contributed by atoms with E-state index in [0.717, 1.165) is 6.42 Å². The lowest BCUT2D eigenvalue weighted by atomic mass is 10.1. The maximum Gasteiger partial charge on any atom is 0.220 e. The molecule has 1 aliphatic heterocycles. The Bertz CT molecular complexity index is 320. The molecule has 0 saturated carbocycles. The van der Waals surface area contributed by atoms with Gasteiger partial charge in [0.2, 0.25) is 5.91 Å². The summed E-state index contributed by atoms with van der Waals surface area (Å²) in [6, 6.07) is 8.54. The Labute approximate surface area is 90.9 Å². The Kier molecular flexibility index (Phi) is 2.53. The number of benzene rings is 1. The smallest absolute Gasteiger partial charge is 0.220 e. The molecule has 68 valence electrons. The number of carbonyl (C=O) groups excluding carboxylic acids is 1. The molecule has 0 unspecified atom stereocenters. The summed E-state index contributed by atoms with van der Waals surface area (Å²) in [5.74, 6) is 0.170. The van der Waals surface area contributed by atoms with Crippen LogP contribution in [0.25, 0.3) is 0 Å². The second kappa shape index (κ2) is 3.65. The van der Waals surface area contributed by atoms with Crippen LogP contribution in [0.2, 0.25) is 0 Å². The van der Waals surface area contributed by atoms with Crippen LogP contribution < -0.4 is 5.32 Å². The van der Waals surface area contributed by atoms with Crippen molar-refractivity contribution in [1.29, 1.82) is 0 Å². The van der Waals surface area contributed by atoms with Crippen molar-refractivity contribution in [2.24, 2.45) is 0 Å². The fraction of sp³-hybridized carbons (Fsp3) is 0.300. The van der Waals surface area contributed by atoms with Crippen LogP contribution in [0.1, 0.15) is 24.4 Å². The SMILES string of the molecule is O=C1CC[C@H](c2ccc(I)cc2)N1. The number of hydrogen-bond donors (Lipinski definition) is 1. The third-order valence-corrected chi connectivity index (χ3v) is 2.99. The Morgan fingerprint density at radius 1 is 1.31 bits per heavy atom. The normalized spacial score (nSPS) is 21.6. The summed E-state index contributed by atoms with van der Waals surface area (Å²) in [6.45, 7) is 0. The molecule has 0 radical (unpaired) electrons. The van der Waals surface area contributed by atoms with Gasteiger partial charge in [-0.3, -0.25) is 4.79 Å². The van der Waals surface area contributed by atoms with Crippen molar-refractivity contribution < 1.29 is 4.79 Å². The topological polar surface area (TPSA) is 29.1 Å². The van der Waals surface area contributed by atoms with Crippen LogP contribution in [-0.4, -0.2) is 5.91 Å². The number of rotatable bonds is 1. The van der Waals surface area contributed by atoms with Gasteiger partial charge in [-0.05, 0) is 46.7 Å². The molecule has 1 amide bonds. The molecule has 0 spiro atoms. The molecule has 2 rings (SSSR count). The van der Waals surface area contributed by atoms with Gasteiger partial charge in [0, 0.05) is 9.99 Å². The zero-order chi connectivity index (χ0) is 9.26. The lowest BCUT2D eigenvalue weighted by Crippen LogP contribution is -2.18. The summed E-state index contributed by atoms with van der Waals surface area (Å²) < 4.78 is 1.23. The van der Waals surface area contributed by atoms with Crippen molar-refractivity contribution in [3.8, 4) is 0 Å². The van der Waals surface area contributed by atoms with Gasteiger partial charge >= 0.3 is 0 Å². The summed E-state index contributed by atoms with van der Waals surface area (Å²) >= 11 is 2.28. The van der Waals surface area contributed by atoms with Crippen LogP contribution in [0.4, 0.5) is 0 Å². The zero-order valence-electron chi connectivity index (χ0n) is 7.09. The summed E-state index contributed by atoms with van der Waals surface area (Å²) in [6.07, 6.45) is 1.59. The summed E-state index contributed by atoms with van der Waals surface area (Å²) in [4.78, 5) is 11.0. The molecular weight excluding hydrogens is 277 g/mol. The first-order chi connectivity index (χ1) is 6.25. The van der Waals surface area contributed by atoms with Crippen molar-refractivity contribution >= 4 is 28.5 Å². The average molecular weight is 287 g/mol. The molecule has 1 aliphatic rings. The second-order valence-corrected chi connectivity index (χ2v) is 4.46. The fourth-order valence-electron chi connectivity index (χ4n) is 1.56. The maximum absolute atomic E-state index is 11.0. The van der Waals surface area contributed by atoms with E-state index in [1.165, 1.54) is 9.13 Å². The van der Waals surface area contributed by atoms with Crippen LogP contribution >= 0.6 is 22.6 Å². The molecule has 0 bridgehead atoms. The molecule has 2 nitrogen and oxygen atoms in total. The first-order valence-corrected chi connectivity index (χ1v) is 5.38. The number of carbonyl (C=O) groups is 1. The average Bonchev–Trinajstić information content (AvgIpc) is 2.53. The Balaban J connectivity index is 2.17. The molecule has 3 heteroatoms. The number of amides is 1. The molecule has 13 heavy (non-hydrogen) atoms. The van der Waals surface area contributed by atoms with Crippen LogP contribution in [0.15, 0.2) is 24.3 Å². The second-order valence-electron chi connectivity index (χ2n) is 3.21. The lowest BCUT2D eigenvalue weighted by Gasteiger charge is -2.09. The minimum absolute atomic E-state index is 0.170. The van der Waals surface area contributed by atoms with Gasteiger partial charge < -0.3 is 5.32 Å². The Hall–Kier alpha value is -0.580. The van der Waals surface area contributed by atoms with Gasteiger partial charge in [0.05, 0.1) is 6.04 Å². The monoisotopic (exact) mass is 287 g/mol. The molecule has 1 saturated heterocycles. The first-order valence-electron chi connectivity index (χ1n) is 4.30. The molecule has 0 aliphatic carbocycles. The highest BCUT2D eigenvalue weighted by Gasteiger charge is 2.21. The molecule has 1 aromatic rings. The molecule has 1 atom stereocenters. The standard InChI is InChI=1S/C10H10INO/c11-8-3-1-7(2-4-8)9-5-6-10(13)12-9/h1-4,9H,5-6H2,(H,12,13)/t9-/m1/s1. The van der Waals surface area contributed by atoms with E-state index in [-0.39, 0.29) is 11.9 Å². The number of halogens is 1. The lowest BCUT2D eigenvalue weighted by molar-refractivity contribution is -0.119. The van der Waals surface area contributed by atoms with E-state index in [4.69, 9.17) is 0 Å². The van der Waals surface area contributed by atoms with Gasteiger partial charge in [0.15, 0.2) is 0 Å². The van der Waals surface area contributed by atoms with Crippen molar-refractivity contribution in [2.45, 2.75) is 18.9 Å². The first kappa shape index (κ1) is 8.99. The molecule has 1 N–H and O–H groups in total. The fourth-order valence-corrected chi connectivity index (χ4v) is 1.92. The van der Waals surface area contributed by atoms with Crippen molar-refractivity contribution in [3.05, 3.63) is 33.4 Å². The molecular formula is C10H10INO. The predicted octanol–water partition coefficient (Wildman–Crippen LogP) is 2.24. The van der Waals surface area contributed by atoms with Crippen molar-refractivity contribution in [1.82, 2.24) is 5.32 Å². The van der Waals surface area contributed by atoms with Crippen LogP contribution in [0, 0.1) is 3.57 Å². The van der Waals surface area contributed by atoms with E-state index in [1.54, 1.807) is 0 Å². The third-order valence-electron chi connectivity index (χ3n) is 2.27. The number of hydrogen-bond acceptors (Lipinski definition) is 1. The quantitative estimate of drug-likeness (QED) is 0.789. The zero-order valence-corrected chi connectivity index (χ0v) is 9.24. The van der Waals surface area contributed by atoms with E-state index >= 15 is 0 Å². The molecule has 1 heterocycles. The van der Waals surface area contributed by atoms with E-state index in [9.17, 15) is 4.79 Å². The van der Waals surface area contributed by atoms with Gasteiger partial charge in [-0.25, -0.2) is 0 Å². The van der Waals surface area contributed by atoms with Gasteiger partial charge in [0.1, 0.15) is 0 Å². The van der Waals surface area contributed by atoms with E-state index < -0.39 is 0 Å². The summed E-state index contributed by atoms with van der Waals surface area (Å²) in [7, 11) is 0. The minimum Gasteiger partial charge on any atom is -0.349 e. The van der Waals surface area contributed by atoms with Gasteiger partial charge in [0.25, 0.3) is 0 Å². The highest BCUT2D eigenvalue weighted by Crippen LogP contribution is 2.23. The highest BCUT2D eigenvalue weighted by atomic mass is 127. The molecule has 0 aromatic heterocycles. The predicted molar refractivity (Wildman–Crippen MR) is 59.3 cm³/mol. The maximum atomic E-state index is 11.0. The molecule has 1 aromatic carbocycles. The largest absolute Gasteiger partial charge is 0.349 e.